The first-order chi connectivity index (χ1) is 7.86. The average molecular weight is 243 g/mol. The maximum Gasteiger partial charge on any atom is 0.0773 e. The molecule has 1 rings (SSSR count). The molecule has 0 spiro atoms. The Kier molecular flexibility index (Phi) is 5.38. The summed E-state index contributed by atoms with van der Waals surface area (Å²) in [6.07, 6.45) is 0.997. The third kappa shape index (κ3) is 4.21. The molecule has 4 heteroatoms. The normalized spacial score (nSPS) is 26.1. The number of methoxy groups -OCH3 is 1. The number of rotatable bonds is 5. The van der Waals surface area contributed by atoms with Gasteiger partial charge in [-0.2, -0.15) is 0 Å². The van der Waals surface area contributed by atoms with Gasteiger partial charge in [0.2, 0.25) is 0 Å². The monoisotopic (exact) mass is 243 g/mol. The van der Waals surface area contributed by atoms with Gasteiger partial charge in [-0.3, -0.25) is 0 Å². The Bertz CT molecular complexity index is 233. The number of nitrogens with two attached hydrogens (primary N) is 1. The lowest BCUT2D eigenvalue weighted by Gasteiger charge is -2.39. The number of hydrogen-bond donors (Lipinski definition) is 1. The van der Waals surface area contributed by atoms with Crippen molar-refractivity contribution >= 4 is 0 Å². The molecule has 0 radical (unpaired) electrons. The summed E-state index contributed by atoms with van der Waals surface area (Å²) in [6.45, 7) is 10.9. The van der Waals surface area contributed by atoms with E-state index in [1.165, 1.54) is 0 Å². The van der Waals surface area contributed by atoms with Crippen molar-refractivity contribution in [2.75, 3.05) is 40.3 Å². The van der Waals surface area contributed by atoms with E-state index in [4.69, 9.17) is 10.5 Å². The molecule has 4 nitrogen and oxygen atoms in total. The molecule has 0 bridgehead atoms. The summed E-state index contributed by atoms with van der Waals surface area (Å²) < 4.78 is 5.43. The van der Waals surface area contributed by atoms with Crippen LogP contribution in [0.5, 0.6) is 0 Å². The van der Waals surface area contributed by atoms with Crippen LogP contribution < -0.4 is 5.73 Å². The fraction of sp³-hybridized carbons (Fsp3) is 1.00. The molecule has 0 saturated carbocycles. The van der Waals surface area contributed by atoms with Gasteiger partial charge in [-0.25, -0.2) is 0 Å². The largest absolute Gasteiger partial charge is 0.377 e. The average Bonchev–Trinajstić information content (AvgIpc) is 2.30. The van der Waals surface area contributed by atoms with Gasteiger partial charge in [0, 0.05) is 38.8 Å². The van der Waals surface area contributed by atoms with Crippen LogP contribution in [0.25, 0.3) is 0 Å². The molecular formula is C13H29N3O. The molecule has 2 unspecified atom stereocenters. The van der Waals surface area contributed by atoms with Gasteiger partial charge in [-0.1, -0.05) is 0 Å². The highest BCUT2D eigenvalue weighted by atomic mass is 16.5. The van der Waals surface area contributed by atoms with Crippen LogP contribution in [0, 0.1) is 0 Å². The molecule has 1 aliphatic rings. The molecule has 102 valence electrons. The number of nitrogens with zero attached hydrogens (tertiary/aromatic N) is 2. The molecule has 1 saturated heterocycles. The molecule has 1 fully saturated rings. The number of likely N-dealkylation sites (N-methyl/N-ethyl adjacent to an activating group) is 1. The Morgan fingerprint density at radius 2 is 2.06 bits per heavy atom. The summed E-state index contributed by atoms with van der Waals surface area (Å²) in [4.78, 5) is 4.92. The summed E-state index contributed by atoms with van der Waals surface area (Å²) >= 11 is 0. The molecule has 17 heavy (non-hydrogen) atoms. The predicted molar refractivity (Wildman–Crippen MR) is 72.2 cm³/mol. The van der Waals surface area contributed by atoms with E-state index in [2.05, 4.69) is 37.6 Å². The van der Waals surface area contributed by atoms with Crippen LogP contribution in [0.4, 0.5) is 0 Å². The SMILES string of the molecule is COC(C)(C)C(N)CCN1CCN(C)C(C)C1. The summed E-state index contributed by atoms with van der Waals surface area (Å²) in [7, 11) is 3.93. The second-order valence-electron chi connectivity index (χ2n) is 5.83. The highest BCUT2D eigenvalue weighted by molar-refractivity contribution is 4.84. The van der Waals surface area contributed by atoms with Gasteiger partial charge in [0.15, 0.2) is 0 Å². The Morgan fingerprint density at radius 1 is 1.41 bits per heavy atom. The zero-order chi connectivity index (χ0) is 13.1. The van der Waals surface area contributed by atoms with Crippen molar-refractivity contribution < 1.29 is 4.74 Å². The highest BCUT2D eigenvalue weighted by Crippen LogP contribution is 2.16. The lowest BCUT2D eigenvalue weighted by Crippen LogP contribution is -2.52. The maximum absolute atomic E-state index is 6.18. The van der Waals surface area contributed by atoms with E-state index >= 15 is 0 Å². The van der Waals surface area contributed by atoms with Crippen LogP contribution in [-0.4, -0.2) is 67.8 Å². The first-order valence-electron chi connectivity index (χ1n) is 6.60. The van der Waals surface area contributed by atoms with Crippen LogP contribution in [-0.2, 0) is 4.74 Å². The Hall–Kier alpha value is -0.160. The van der Waals surface area contributed by atoms with E-state index in [0.29, 0.717) is 6.04 Å². The van der Waals surface area contributed by atoms with Gasteiger partial charge in [-0.15, -0.1) is 0 Å². The van der Waals surface area contributed by atoms with Crippen molar-refractivity contribution in [3.8, 4) is 0 Å². The van der Waals surface area contributed by atoms with Gasteiger partial charge in [0.25, 0.3) is 0 Å². The van der Waals surface area contributed by atoms with E-state index in [1.54, 1.807) is 7.11 Å². The molecule has 2 N–H and O–H groups in total. The predicted octanol–water partition coefficient (Wildman–Crippen LogP) is 0.765. The van der Waals surface area contributed by atoms with Gasteiger partial charge in [-0.05, 0) is 40.8 Å². The van der Waals surface area contributed by atoms with E-state index < -0.39 is 0 Å². The summed E-state index contributed by atoms with van der Waals surface area (Å²) in [5.74, 6) is 0. The number of hydrogen-bond acceptors (Lipinski definition) is 4. The van der Waals surface area contributed by atoms with E-state index in [1.807, 2.05) is 0 Å². The Labute approximate surface area is 106 Å². The molecule has 0 aromatic rings. The second-order valence-corrected chi connectivity index (χ2v) is 5.83. The first kappa shape index (κ1) is 14.9. The molecule has 0 amide bonds. The van der Waals surface area contributed by atoms with Crippen LogP contribution in [0.2, 0.25) is 0 Å². The summed E-state index contributed by atoms with van der Waals surface area (Å²) in [5, 5.41) is 0. The van der Waals surface area contributed by atoms with Crippen LogP contribution in [0.3, 0.4) is 0 Å². The van der Waals surface area contributed by atoms with Crippen molar-refractivity contribution in [3.63, 3.8) is 0 Å². The van der Waals surface area contributed by atoms with Gasteiger partial charge in [0.1, 0.15) is 0 Å². The Balaban J connectivity index is 2.32. The van der Waals surface area contributed by atoms with E-state index in [-0.39, 0.29) is 11.6 Å². The zero-order valence-electron chi connectivity index (χ0n) is 12.1. The van der Waals surface area contributed by atoms with Crippen molar-refractivity contribution in [1.29, 1.82) is 0 Å². The van der Waals surface area contributed by atoms with Gasteiger partial charge < -0.3 is 20.3 Å². The minimum Gasteiger partial charge on any atom is -0.377 e. The highest BCUT2D eigenvalue weighted by Gasteiger charge is 2.27. The third-order valence-corrected chi connectivity index (χ3v) is 4.22. The summed E-state index contributed by atoms with van der Waals surface area (Å²) in [5.41, 5.74) is 5.96. The van der Waals surface area contributed by atoms with Crippen molar-refractivity contribution in [3.05, 3.63) is 0 Å². The molecule has 1 heterocycles. The first-order valence-corrected chi connectivity index (χ1v) is 6.60. The fourth-order valence-corrected chi connectivity index (χ4v) is 2.15. The van der Waals surface area contributed by atoms with E-state index in [9.17, 15) is 0 Å². The van der Waals surface area contributed by atoms with Crippen molar-refractivity contribution in [2.45, 2.75) is 44.9 Å². The van der Waals surface area contributed by atoms with Crippen LogP contribution in [0.15, 0.2) is 0 Å². The van der Waals surface area contributed by atoms with Crippen LogP contribution in [0.1, 0.15) is 27.2 Å². The minimum atomic E-state index is -0.224. The van der Waals surface area contributed by atoms with Gasteiger partial charge >= 0.3 is 0 Å². The maximum atomic E-state index is 6.18. The molecule has 0 aromatic carbocycles. The summed E-state index contributed by atoms with van der Waals surface area (Å²) in [6, 6.07) is 0.748. The van der Waals surface area contributed by atoms with E-state index in [0.717, 1.165) is 32.6 Å². The zero-order valence-corrected chi connectivity index (χ0v) is 12.1. The molecule has 2 atom stereocenters. The molecular weight excluding hydrogens is 214 g/mol. The Morgan fingerprint density at radius 3 is 2.59 bits per heavy atom. The second kappa shape index (κ2) is 6.14. The quantitative estimate of drug-likeness (QED) is 0.774. The standard InChI is InChI=1S/C13H29N3O/c1-11-10-16(9-8-15(11)4)7-6-12(14)13(2,3)17-5/h11-12H,6-10,14H2,1-5H3. The van der Waals surface area contributed by atoms with Gasteiger partial charge in [0.05, 0.1) is 5.60 Å². The molecule has 0 aliphatic carbocycles. The van der Waals surface area contributed by atoms with Crippen LogP contribution >= 0.6 is 0 Å². The lowest BCUT2D eigenvalue weighted by molar-refractivity contribution is -0.00558. The van der Waals surface area contributed by atoms with Crippen molar-refractivity contribution in [2.24, 2.45) is 5.73 Å². The van der Waals surface area contributed by atoms with Crippen molar-refractivity contribution in [1.82, 2.24) is 9.80 Å². The fourth-order valence-electron chi connectivity index (χ4n) is 2.15. The lowest BCUT2D eigenvalue weighted by atomic mass is 9.96. The molecule has 1 aliphatic heterocycles. The molecule has 0 aromatic heterocycles. The topological polar surface area (TPSA) is 41.7 Å². The third-order valence-electron chi connectivity index (χ3n) is 4.22. The smallest absolute Gasteiger partial charge is 0.0773 e. The minimum absolute atomic E-state index is 0.0995. The number of ether oxygens (including phenoxy) is 1. The number of piperazine rings is 1.